The Morgan fingerprint density at radius 1 is 1.36 bits per heavy atom. The quantitative estimate of drug-likeness (QED) is 0.875. The van der Waals surface area contributed by atoms with Gasteiger partial charge in [0, 0.05) is 37.9 Å². The van der Waals surface area contributed by atoms with E-state index in [-0.39, 0.29) is 17.9 Å². The maximum Gasteiger partial charge on any atom is 0.317 e. The van der Waals surface area contributed by atoms with Crippen LogP contribution in [-0.2, 0) is 6.42 Å². The molecule has 25 heavy (non-hydrogen) atoms. The normalized spacial score (nSPS) is 15.8. The van der Waals surface area contributed by atoms with E-state index in [2.05, 4.69) is 25.7 Å². The molecule has 3 rings (SSSR count). The molecule has 136 valence electrons. The van der Waals surface area contributed by atoms with Crippen LogP contribution in [0.1, 0.15) is 60.3 Å². The summed E-state index contributed by atoms with van der Waals surface area (Å²) in [5, 5.41) is 16.9. The molecule has 0 spiro atoms. The van der Waals surface area contributed by atoms with Gasteiger partial charge in [-0.1, -0.05) is 19.0 Å². The number of aromatic nitrogens is 4. The first-order valence-electron chi connectivity index (χ1n) is 8.68. The van der Waals surface area contributed by atoms with Gasteiger partial charge in [-0.15, -0.1) is 21.5 Å². The molecule has 0 saturated carbocycles. The highest BCUT2D eigenvalue weighted by atomic mass is 32.1. The van der Waals surface area contributed by atoms with Crippen molar-refractivity contribution in [3.63, 3.8) is 0 Å². The maximum atomic E-state index is 12.3. The third-order valence-electron chi connectivity index (χ3n) is 4.29. The summed E-state index contributed by atoms with van der Waals surface area (Å²) in [5.74, 6) is 1.96. The molecule has 0 bridgehead atoms. The van der Waals surface area contributed by atoms with Gasteiger partial charge in [0.25, 0.3) is 0 Å². The van der Waals surface area contributed by atoms with Crippen molar-refractivity contribution in [1.82, 2.24) is 30.6 Å². The SMILES string of the molecule is Cc1nnc(CCNC(=O)N2CCC(c3nc(C(C)C)no3)CC2)s1. The smallest absolute Gasteiger partial charge is 0.317 e. The van der Waals surface area contributed by atoms with Crippen LogP contribution in [0.25, 0.3) is 0 Å². The fourth-order valence-corrected chi connectivity index (χ4v) is 3.51. The number of nitrogens with zero attached hydrogens (tertiary/aromatic N) is 5. The molecule has 0 unspecified atom stereocenters. The van der Waals surface area contributed by atoms with Gasteiger partial charge in [0.2, 0.25) is 5.89 Å². The standard InChI is InChI=1S/C16H24N6O2S/c1-10(2)14-18-15(24-21-14)12-5-8-22(9-6-12)16(23)17-7-4-13-20-19-11(3)25-13/h10,12H,4-9H2,1-3H3,(H,17,23). The number of carbonyl (C=O) groups is 1. The van der Waals surface area contributed by atoms with E-state index in [1.165, 1.54) is 0 Å². The van der Waals surface area contributed by atoms with Crippen molar-refractivity contribution in [3.05, 3.63) is 21.7 Å². The van der Waals surface area contributed by atoms with Gasteiger partial charge in [0.05, 0.1) is 0 Å². The third-order valence-corrected chi connectivity index (χ3v) is 5.19. The monoisotopic (exact) mass is 364 g/mol. The number of hydrogen-bond donors (Lipinski definition) is 1. The van der Waals surface area contributed by atoms with Crippen molar-refractivity contribution in [2.75, 3.05) is 19.6 Å². The van der Waals surface area contributed by atoms with E-state index in [0.29, 0.717) is 31.9 Å². The Hall–Kier alpha value is -2.03. The molecule has 0 radical (unpaired) electrons. The lowest BCUT2D eigenvalue weighted by atomic mass is 9.97. The molecule has 1 aliphatic rings. The van der Waals surface area contributed by atoms with E-state index in [9.17, 15) is 4.79 Å². The minimum absolute atomic E-state index is 0.0203. The van der Waals surface area contributed by atoms with Crippen LogP contribution in [0.15, 0.2) is 4.52 Å². The minimum atomic E-state index is -0.0203. The summed E-state index contributed by atoms with van der Waals surface area (Å²) in [5.41, 5.74) is 0. The number of piperidine rings is 1. The van der Waals surface area contributed by atoms with Gasteiger partial charge in [-0.2, -0.15) is 4.98 Å². The van der Waals surface area contributed by atoms with Crippen molar-refractivity contribution in [2.45, 2.75) is 51.9 Å². The molecule has 1 N–H and O–H groups in total. The first kappa shape index (κ1) is 17.8. The second kappa shape index (κ2) is 7.90. The molecule has 2 amide bonds. The average Bonchev–Trinajstić information content (AvgIpc) is 3.24. The van der Waals surface area contributed by atoms with Gasteiger partial charge in [-0.25, -0.2) is 4.79 Å². The highest BCUT2D eigenvalue weighted by Gasteiger charge is 2.27. The van der Waals surface area contributed by atoms with Crippen LogP contribution in [-0.4, -0.2) is 50.9 Å². The lowest BCUT2D eigenvalue weighted by Gasteiger charge is -2.30. The number of hydrogen-bond acceptors (Lipinski definition) is 7. The topological polar surface area (TPSA) is 97.0 Å². The van der Waals surface area contributed by atoms with Gasteiger partial charge in [-0.05, 0) is 19.8 Å². The lowest BCUT2D eigenvalue weighted by molar-refractivity contribution is 0.175. The zero-order valence-electron chi connectivity index (χ0n) is 14.9. The molecule has 1 fully saturated rings. The van der Waals surface area contributed by atoms with Gasteiger partial charge in [0.15, 0.2) is 5.82 Å². The Kier molecular flexibility index (Phi) is 5.62. The fourth-order valence-electron chi connectivity index (χ4n) is 2.80. The second-order valence-electron chi connectivity index (χ2n) is 6.60. The Morgan fingerprint density at radius 3 is 2.72 bits per heavy atom. The molecule has 1 aliphatic heterocycles. The number of carbonyl (C=O) groups excluding carboxylic acids is 1. The van der Waals surface area contributed by atoms with E-state index in [1.54, 1.807) is 11.3 Å². The van der Waals surface area contributed by atoms with Crippen LogP contribution in [0, 0.1) is 6.92 Å². The highest BCUT2D eigenvalue weighted by molar-refractivity contribution is 7.11. The van der Waals surface area contributed by atoms with Crippen molar-refractivity contribution in [3.8, 4) is 0 Å². The van der Waals surface area contributed by atoms with Crippen molar-refractivity contribution in [1.29, 1.82) is 0 Å². The van der Waals surface area contributed by atoms with Gasteiger partial charge >= 0.3 is 6.03 Å². The zero-order valence-corrected chi connectivity index (χ0v) is 15.7. The Bertz CT molecular complexity index is 705. The molecular weight excluding hydrogens is 340 g/mol. The van der Waals surface area contributed by atoms with Crippen molar-refractivity contribution < 1.29 is 9.32 Å². The Labute approximate surface area is 151 Å². The Balaban J connectivity index is 1.42. The molecular formula is C16H24N6O2S. The summed E-state index contributed by atoms with van der Waals surface area (Å²) in [4.78, 5) is 18.6. The van der Waals surface area contributed by atoms with Gasteiger partial charge < -0.3 is 14.7 Å². The number of rotatable bonds is 5. The predicted octanol–water partition coefficient (Wildman–Crippen LogP) is 2.48. The number of aryl methyl sites for hydroxylation is 1. The van der Waals surface area contributed by atoms with Gasteiger partial charge in [0.1, 0.15) is 10.0 Å². The van der Waals surface area contributed by atoms with E-state index < -0.39 is 0 Å². The first-order chi connectivity index (χ1) is 12.0. The second-order valence-corrected chi connectivity index (χ2v) is 7.87. The number of likely N-dealkylation sites (tertiary alicyclic amines) is 1. The van der Waals surface area contributed by atoms with Crippen LogP contribution in [0.2, 0.25) is 0 Å². The summed E-state index contributed by atoms with van der Waals surface area (Å²) in [6.45, 7) is 8.00. The molecule has 2 aromatic rings. The van der Waals surface area contributed by atoms with E-state index in [4.69, 9.17) is 4.52 Å². The highest BCUT2D eigenvalue weighted by Crippen LogP contribution is 2.27. The molecule has 0 aliphatic carbocycles. The molecule has 8 nitrogen and oxygen atoms in total. The van der Waals surface area contributed by atoms with E-state index in [1.807, 2.05) is 25.7 Å². The summed E-state index contributed by atoms with van der Waals surface area (Å²) in [6, 6.07) is -0.0203. The zero-order chi connectivity index (χ0) is 17.8. The summed E-state index contributed by atoms with van der Waals surface area (Å²) in [7, 11) is 0. The van der Waals surface area contributed by atoms with Crippen LogP contribution < -0.4 is 5.32 Å². The van der Waals surface area contributed by atoms with Crippen LogP contribution in [0.4, 0.5) is 4.79 Å². The van der Waals surface area contributed by atoms with Crippen molar-refractivity contribution >= 4 is 17.4 Å². The number of urea groups is 1. The van der Waals surface area contributed by atoms with Crippen LogP contribution in [0.3, 0.4) is 0 Å². The predicted molar refractivity (Wildman–Crippen MR) is 93.7 cm³/mol. The van der Waals surface area contributed by atoms with Crippen LogP contribution >= 0.6 is 11.3 Å². The first-order valence-corrected chi connectivity index (χ1v) is 9.50. The molecule has 1 saturated heterocycles. The fraction of sp³-hybridized carbons (Fsp3) is 0.688. The van der Waals surface area contributed by atoms with Crippen molar-refractivity contribution in [2.24, 2.45) is 0 Å². The number of nitrogens with one attached hydrogen (secondary N) is 1. The average molecular weight is 364 g/mol. The number of amides is 2. The summed E-state index contributed by atoms with van der Waals surface area (Å²) < 4.78 is 5.39. The van der Waals surface area contributed by atoms with Gasteiger partial charge in [-0.3, -0.25) is 0 Å². The largest absolute Gasteiger partial charge is 0.339 e. The van der Waals surface area contributed by atoms with E-state index in [0.717, 1.165) is 28.7 Å². The maximum absolute atomic E-state index is 12.3. The molecule has 0 atom stereocenters. The minimum Gasteiger partial charge on any atom is -0.339 e. The molecule has 0 aromatic carbocycles. The molecule has 2 aromatic heterocycles. The lowest BCUT2D eigenvalue weighted by Crippen LogP contribution is -2.44. The molecule has 9 heteroatoms. The van der Waals surface area contributed by atoms with E-state index >= 15 is 0 Å². The summed E-state index contributed by atoms with van der Waals surface area (Å²) in [6.07, 6.45) is 2.42. The van der Waals surface area contributed by atoms with Crippen LogP contribution in [0.5, 0.6) is 0 Å². The summed E-state index contributed by atoms with van der Waals surface area (Å²) >= 11 is 1.57. The third kappa shape index (κ3) is 4.53. The Morgan fingerprint density at radius 2 is 2.12 bits per heavy atom. The molecule has 3 heterocycles.